The molecule has 0 saturated carbocycles. The predicted octanol–water partition coefficient (Wildman–Crippen LogP) is 2.27. The highest BCUT2D eigenvalue weighted by atomic mass is 16.3. The Kier molecular flexibility index (Phi) is 12.4. The molecule has 4 amide bonds. The minimum absolute atomic E-state index is 0.0531. The lowest BCUT2D eigenvalue weighted by Crippen LogP contribution is -2.57. The van der Waals surface area contributed by atoms with Gasteiger partial charge in [-0.3, -0.25) is 19.2 Å². The summed E-state index contributed by atoms with van der Waals surface area (Å²) >= 11 is 0. The Balaban J connectivity index is 1.18. The Hall–Kier alpha value is -5.95. The van der Waals surface area contributed by atoms with Crippen molar-refractivity contribution in [2.45, 2.75) is 62.1 Å². The van der Waals surface area contributed by atoms with Crippen LogP contribution in [-0.4, -0.2) is 75.7 Å². The zero-order valence-electron chi connectivity index (χ0n) is 29.6. The average Bonchev–Trinajstić information content (AvgIpc) is 3.50. The Labute approximate surface area is 313 Å². The second kappa shape index (κ2) is 17.7. The van der Waals surface area contributed by atoms with Crippen LogP contribution in [-0.2, 0) is 33.6 Å². The molecule has 6 atom stereocenters. The highest BCUT2D eigenvalue weighted by Crippen LogP contribution is 2.31. The van der Waals surface area contributed by atoms with E-state index in [2.05, 4.69) is 26.3 Å². The number of hydrogen-bond acceptors (Lipinski definition) is 8. The number of benzene rings is 4. The topological polar surface area (TPSA) is 196 Å². The fourth-order valence-electron chi connectivity index (χ4n) is 6.78. The number of rotatable bonds is 16. The zero-order valence-corrected chi connectivity index (χ0v) is 29.6. The van der Waals surface area contributed by atoms with Gasteiger partial charge in [0.05, 0.1) is 42.3 Å². The monoisotopic (exact) mass is 728 g/mol. The van der Waals surface area contributed by atoms with Gasteiger partial charge in [-0.2, -0.15) is 0 Å². The number of aliphatic hydroxyl groups excluding tert-OH is 2. The number of primary amides is 1. The molecule has 12 heteroatoms. The molecule has 6 rings (SSSR count). The van der Waals surface area contributed by atoms with Crippen molar-refractivity contribution < 1.29 is 29.4 Å². The Morgan fingerprint density at radius 1 is 0.741 bits per heavy atom. The van der Waals surface area contributed by atoms with Gasteiger partial charge < -0.3 is 37.2 Å². The fourth-order valence-corrected chi connectivity index (χ4v) is 6.78. The van der Waals surface area contributed by atoms with Crippen molar-refractivity contribution in [2.24, 2.45) is 5.73 Å². The zero-order chi connectivity index (χ0) is 38.0. The lowest BCUT2D eigenvalue weighted by atomic mass is 9.99. The summed E-state index contributed by atoms with van der Waals surface area (Å²) < 4.78 is 0. The molecular weight excluding hydrogens is 684 g/mol. The van der Waals surface area contributed by atoms with E-state index in [1.807, 2.05) is 97.1 Å². The molecule has 1 heterocycles. The second-order valence-corrected chi connectivity index (χ2v) is 13.6. The van der Waals surface area contributed by atoms with E-state index >= 15 is 0 Å². The molecule has 0 spiro atoms. The van der Waals surface area contributed by atoms with Crippen molar-refractivity contribution in [1.29, 1.82) is 0 Å². The second-order valence-electron chi connectivity index (χ2n) is 13.6. The first kappa shape index (κ1) is 37.8. The minimum atomic E-state index is -1.36. The van der Waals surface area contributed by atoms with Gasteiger partial charge in [0.2, 0.25) is 17.7 Å². The number of carbonyl (C=O) groups excluding carboxylic acids is 4. The number of para-hydroxylation sites is 1. The van der Waals surface area contributed by atoms with Gasteiger partial charge in [0, 0.05) is 18.4 Å². The summed E-state index contributed by atoms with van der Waals surface area (Å²) in [4.78, 5) is 57.4. The van der Waals surface area contributed by atoms with E-state index in [4.69, 9.17) is 5.73 Å². The van der Waals surface area contributed by atoms with Crippen LogP contribution in [0.3, 0.4) is 0 Å². The highest BCUT2D eigenvalue weighted by Gasteiger charge is 2.34. The SMILES string of the molecule is NC(=O)C[C@H](NC(=O)c1ccc2ccccc2n1)C(=O)N[C@@H](Cc1ccccc1)[C@H](O)CN[C@@H](Cc1ccccc1)C(=O)N[C@H]1c2ccccc2C[C@H]1O. The molecule has 1 aliphatic rings. The van der Waals surface area contributed by atoms with Crippen LogP contribution in [0.2, 0.25) is 0 Å². The molecule has 8 N–H and O–H groups in total. The quantitative estimate of drug-likeness (QED) is 0.0804. The summed E-state index contributed by atoms with van der Waals surface area (Å²) in [6, 6.07) is 33.1. The lowest BCUT2D eigenvalue weighted by Gasteiger charge is -2.29. The van der Waals surface area contributed by atoms with Gasteiger partial charge in [-0.1, -0.05) is 109 Å². The number of carbonyl (C=O) groups is 4. The molecule has 12 nitrogen and oxygen atoms in total. The van der Waals surface area contributed by atoms with Crippen molar-refractivity contribution in [1.82, 2.24) is 26.3 Å². The van der Waals surface area contributed by atoms with Crippen molar-refractivity contribution in [2.75, 3.05) is 6.54 Å². The van der Waals surface area contributed by atoms with E-state index in [0.29, 0.717) is 11.9 Å². The van der Waals surface area contributed by atoms with Crippen LogP contribution < -0.4 is 27.0 Å². The molecule has 0 bridgehead atoms. The molecule has 1 aliphatic carbocycles. The van der Waals surface area contributed by atoms with Crippen LogP contribution in [0.4, 0.5) is 0 Å². The first-order valence-electron chi connectivity index (χ1n) is 18.0. The van der Waals surface area contributed by atoms with Crippen LogP contribution in [0, 0.1) is 0 Å². The van der Waals surface area contributed by atoms with Crippen molar-refractivity contribution in [3.8, 4) is 0 Å². The number of pyridine rings is 1. The van der Waals surface area contributed by atoms with Gasteiger partial charge >= 0.3 is 0 Å². The molecule has 0 saturated heterocycles. The number of aliphatic hydroxyl groups is 2. The summed E-state index contributed by atoms with van der Waals surface area (Å²) in [7, 11) is 0. The Bertz CT molecular complexity index is 2080. The highest BCUT2D eigenvalue weighted by molar-refractivity contribution is 5.99. The van der Waals surface area contributed by atoms with E-state index < -0.39 is 60.5 Å². The number of nitrogens with zero attached hydrogens (tertiary/aromatic N) is 1. The molecule has 1 aromatic heterocycles. The first-order chi connectivity index (χ1) is 26.1. The van der Waals surface area contributed by atoms with Crippen LogP contribution >= 0.6 is 0 Å². The number of aromatic nitrogens is 1. The smallest absolute Gasteiger partial charge is 0.270 e. The minimum Gasteiger partial charge on any atom is -0.390 e. The third kappa shape index (κ3) is 9.72. The number of amides is 4. The normalized spacial score (nSPS) is 17.1. The van der Waals surface area contributed by atoms with Crippen LogP contribution in [0.15, 0.2) is 121 Å². The van der Waals surface area contributed by atoms with Crippen molar-refractivity contribution >= 4 is 34.5 Å². The molecule has 0 unspecified atom stereocenters. The van der Waals surface area contributed by atoms with Crippen molar-refractivity contribution in [3.63, 3.8) is 0 Å². The molecule has 4 aromatic carbocycles. The van der Waals surface area contributed by atoms with E-state index in [1.54, 1.807) is 18.2 Å². The molecule has 54 heavy (non-hydrogen) atoms. The van der Waals surface area contributed by atoms with Crippen LogP contribution in [0.1, 0.15) is 45.2 Å². The average molecular weight is 729 g/mol. The van der Waals surface area contributed by atoms with Gasteiger partial charge in [0.15, 0.2) is 0 Å². The Morgan fingerprint density at radius 2 is 1.39 bits per heavy atom. The maximum atomic E-state index is 13.9. The van der Waals surface area contributed by atoms with Gasteiger partial charge in [-0.15, -0.1) is 0 Å². The molecular formula is C42H44N6O6. The maximum Gasteiger partial charge on any atom is 0.270 e. The summed E-state index contributed by atoms with van der Waals surface area (Å²) in [5, 5.41) is 35.0. The Morgan fingerprint density at radius 3 is 2.11 bits per heavy atom. The number of fused-ring (bicyclic) bond motifs is 2. The molecule has 0 fully saturated rings. The van der Waals surface area contributed by atoms with Crippen molar-refractivity contribution in [3.05, 3.63) is 149 Å². The van der Waals surface area contributed by atoms with Gasteiger partial charge in [-0.25, -0.2) is 4.98 Å². The predicted molar refractivity (Wildman–Crippen MR) is 204 cm³/mol. The van der Waals surface area contributed by atoms with E-state index in [9.17, 15) is 29.4 Å². The molecule has 0 radical (unpaired) electrons. The molecule has 0 aliphatic heterocycles. The number of nitrogens with two attached hydrogens (primary N) is 1. The lowest BCUT2D eigenvalue weighted by molar-refractivity contribution is -0.128. The fraction of sp³-hybridized carbons (Fsp3) is 0.262. The summed E-state index contributed by atoms with van der Waals surface area (Å²) in [5.41, 5.74) is 9.66. The van der Waals surface area contributed by atoms with E-state index in [0.717, 1.165) is 27.6 Å². The summed E-state index contributed by atoms with van der Waals surface area (Å²) in [5.74, 6) is -2.57. The standard InChI is InChI=1S/C42H44N6O6/c43-38(51)24-35(47-40(52)32-20-19-28-15-8-10-18-31(28)45-32)42(54)46-33(21-26-11-3-1-4-12-26)37(50)25-44-34(22-27-13-5-2-6-14-27)41(53)48-39-30-17-9-7-16-29(30)23-36(39)49/h1-20,33-37,39,44,49-50H,21-25H2,(H2,43,51)(H,46,54)(H,47,52)(H,48,53)/t33-,34-,35-,36+,37+,39-/m0/s1. The third-order valence-electron chi connectivity index (χ3n) is 9.62. The molecule has 5 aromatic rings. The molecule has 278 valence electrons. The summed E-state index contributed by atoms with van der Waals surface area (Å²) in [6.07, 6.45) is -1.61. The van der Waals surface area contributed by atoms with E-state index in [1.165, 1.54) is 6.07 Å². The number of hydrogen-bond donors (Lipinski definition) is 7. The van der Waals surface area contributed by atoms with Gasteiger partial charge in [0.1, 0.15) is 11.7 Å². The first-order valence-corrected chi connectivity index (χ1v) is 18.0. The van der Waals surface area contributed by atoms with Gasteiger partial charge in [0.25, 0.3) is 5.91 Å². The number of nitrogens with one attached hydrogen (secondary N) is 4. The maximum absolute atomic E-state index is 13.9. The van der Waals surface area contributed by atoms with Crippen LogP contribution in [0.5, 0.6) is 0 Å². The van der Waals surface area contributed by atoms with E-state index in [-0.39, 0.29) is 31.0 Å². The summed E-state index contributed by atoms with van der Waals surface area (Å²) in [6.45, 7) is -0.111. The largest absolute Gasteiger partial charge is 0.390 e. The third-order valence-corrected chi connectivity index (χ3v) is 9.62. The van der Waals surface area contributed by atoms with Crippen LogP contribution in [0.25, 0.3) is 10.9 Å². The van der Waals surface area contributed by atoms with Gasteiger partial charge in [-0.05, 0) is 47.2 Å².